The zero-order valence-electron chi connectivity index (χ0n) is 10.2. The summed E-state index contributed by atoms with van der Waals surface area (Å²) in [5.41, 5.74) is 1.10. The number of rotatable bonds is 4. The highest BCUT2D eigenvalue weighted by atomic mass is 19.4. The van der Waals surface area contributed by atoms with Crippen molar-refractivity contribution in [3.05, 3.63) is 29.7 Å². The first-order chi connectivity index (χ1) is 8.87. The van der Waals surface area contributed by atoms with E-state index in [2.05, 4.69) is 15.5 Å². The summed E-state index contributed by atoms with van der Waals surface area (Å²) in [6.07, 6.45) is -3.95. The fraction of sp³-hybridized carbons (Fsp3) is 0.417. The smallest absolute Gasteiger partial charge is 0.306 e. The molecule has 1 atom stereocenters. The zero-order valence-corrected chi connectivity index (χ0v) is 10.2. The van der Waals surface area contributed by atoms with Crippen molar-refractivity contribution in [2.24, 2.45) is 0 Å². The second-order valence-electron chi connectivity index (χ2n) is 4.45. The fourth-order valence-corrected chi connectivity index (χ4v) is 1.96. The van der Waals surface area contributed by atoms with Crippen molar-refractivity contribution in [2.45, 2.75) is 25.6 Å². The van der Waals surface area contributed by atoms with Gasteiger partial charge in [0.15, 0.2) is 0 Å². The van der Waals surface area contributed by atoms with Gasteiger partial charge < -0.3 is 5.32 Å². The summed E-state index contributed by atoms with van der Waals surface area (Å²) in [4.78, 5) is 0. The van der Waals surface area contributed by atoms with Crippen LogP contribution in [0.4, 0.5) is 17.6 Å². The molecule has 0 radical (unpaired) electrons. The minimum absolute atomic E-state index is 0.296. The summed E-state index contributed by atoms with van der Waals surface area (Å²) in [5, 5.41) is 8.71. The van der Waals surface area contributed by atoms with Crippen LogP contribution in [0.5, 0.6) is 0 Å². The molecule has 3 nitrogen and oxygen atoms in total. The summed E-state index contributed by atoms with van der Waals surface area (Å²) >= 11 is 0. The van der Waals surface area contributed by atoms with Crippen molar-refractivity contribution in [1.29, 1.82) is 0 Å². The first-order valence-electron chi connectivity index (χ1n) is 5.78. The lowest BCUT2D eigenvalue weighted by atomic mass is 10.0. The van der Waals surface area contributed by atoms with Gasteiger partial charge in [0.05, 0.1) is 17.4 Å². The molecule has 2 aromatic rings. The molecule has 19 heavy (non-hydrogen) atoms. The molecular formula is C12H13F4N3. The number of nitrogens with one attached hydrogen (secondary N) is 2. The second kappa shape index (κ2) is 5.16. The molecule has 0 amide bonds. The summed E-state index contributed by atoms with van der Waals surface area (Å²) in [6.45, 7) is 0.570. The second-order valence-corrected chi connectivity index (χ2v) is 4.45. The molecule has 0 aliphatic heterocycles. The minimum atomic E-state index is -4.25. The van der Waals surface area contributed by atoms with Crippen LogP contribution in [0.15, 0.2) is 18.2 Å². The Morgan fingerprint density at radius 1 is 1.37 bits per heavy atom. The van der Waals surface area contributed by atoms with E-state index in [0.717, 1.165) is 0 Å². The highest BCUT2D eigenvalue weighted by molar-refractivity contribution is 5.82. The molecule has 0 spiro atoms. The Bertz CT molecular complexity index is 562. The van der Waals surface area contributed by atoms with Gasteiger partial charge in [0.2, 0.25) is 5.95 Å². The van der Waals surface area contributed by atoms with E-state index in [1.165, 1.54) is 0 Å². The Hall–Kier alpha value is -1.63. The van der Waals surface area contributed by atoms with Crippen LogP contribution < -0.4 is 5.32 Å². The molecule has 7 heteroatoms. The summed E-state index contributed by atoms with van der Waals surface area (Å²) < 4.78 is 49.8. The van der Waals surface area contributed by atoms with E-state index in [9.17, 15) is 17.6 Å². The number of alkyl halides is 3. The van der Waals surface area contributed by atoms with Gasteiger partial charge in [0, 0.05) is 6.04 Å². The summed E-state index contributed by atoms with van der Waals surface area (Å²) in [6, 6.07) is 4.62. The Morgan fingerprint density at radius 2 is 2.11 bits per heavy atom. The first kappa shape index (κ1) is 13.8. The number of nitrogens with zero attached hydrogens (tertiary/aromatic N) is 1. The predicted octanol–water partition coefficient (Wildman–Crippen LogP) is 2.78. The highest BCUT2D eigenvalue weighted by Crippen LogP contribution is 2.21. The van der Waals surface area contributed by atoms with Crippen LogP contribution in [0.2, 0.25) is 0 Å². The quantitative estimate of drug-likeness (QED) is 0.842. The molecule has 1 aromatic carbocycles. The first-order valence-corrected chi connectivity index (χ1v) is 5.78. The molecule has 0 fully saturated rings. The third-order valence-corrected chi connectivity index (χ3v) is 2.80. The van der Waals surface area contributed by atoms with Gasteiger partial charge in [0.1, 0.15) is 0 Å². The Balaban J connectivity index is 2.11. The van der Waals surface area contributed by atoms with Gasteiger partial charge in [-0.05, 0) is 25.0 Å². The van der Waals surface area contributed by atoms with E-state index < -0.39 is 24.7 Å². The predicted molar refractivity (Wildman–Crippen MR) is 63.3 cm³/mol. The molecule has 0 saturated carbocycles. The summed E-state index contributed by atoms with van der Waals surface area (Å²) in [5.74, 6) is -0.561. The number of H-pyrrole nitrogens is 1. The largest absolute Gasteiger partial charge is 0.401 e. The van der Waals surface area contributed by atoms with Crippen LogP contribution in [0, 0.1) is 5.95 Å². The lowest BCUT2D eigenvalue weighted by Gasteiger charge is -2.15. The van der Waals surface area contributed by atoms with E-state index in [4.69, 9.17) is 0 Å². The third-order valence-electron chi connectivity index (χ3n) is 2.80. The molecule has 1 unspecified atom stereocenters. The standard InChI is InChI=1S/C12H13F4N3/c1-7(17-6-12(14,15)16)5-8-3-2-4-9-10(8)11(13)19-18-9/h2-4,7,17H,5-6H2,1H3,(H,18,19). The molecule has 1 heterocycles. The van der Waals surface area contributed by atoms with E-state index in [1.807, 2.05) is 0 Å². The molecule has 1 aromatic heterocycles. The number of aromatic amines is 1. The van der Waals surface area contributed by atoms with Crippen molar-refractivity contribution in [3.8, 4) is 0 Å². The maximum Gasteiger partial charge on any atom is 0.401 e. The fourth-order valence-electron chi connectivity index (χ4n) is 1.96. The van der Waals surface area contributed by atoms with Crippen molar-refractivity contribution < 1.29 is 17.6 Å². The highest BCUT2D eigenvalue weighted by Gasteiger charge is 2.27. The van der Waals surface area contributed by atoms with Crippen molar-refractivity contribution in [3.63, 3.8) is 0 Å². The maximum atomic E-state index is 13.5. The molecule has 104 valence electrons. The molecule has 0 bridgehead atoms. The van der Waals surface area contributed by atoms with Crippen LogP contribution >= 0.6 is 0 Å². The topological polar surface area (TPSA) is 40.7 Å². The Kier molecular flexibility index (Phi) is 3.75. The molecule has 2 N–H and O–H groups in total. The van der Waals surface area contributed by atoms with E-state index in [-0.39, 0.29) is 0 Å². The van der Waals surface area contributed by atoms with Crippen LogP contribution in [-0.2, 0) is 6.42 Å². The SMILES string of the molecule is CC(Cc1cccc2n[nH]c(F)c12)NCC(F)(F)F. The van der Waals surface area contributed by atoms with Gasteiger partial charge in [-0.2, -0.15) is 22.7 Å². The third kappa shape index (κ3) is 3.44. The van der Waals surface area contributed by atoms with E-state index >= 15 is 0 Å². The van der Waals surface area contributed by atoms with E-state index in [0.29, 0.717) is 22.9 Å². The maximum absolute atomic E-state index is 13.5. The van der Waals surface area contributed by atoms with Gasteiger partial charge in [0.25, 0.3) is 0 Å². The lowest BCUT2D eigenvalue weighted by molar-refractivity contribution is -0.126. The van der Waals surface area contributed by atoms with Crippen LogP contribution in [0.3, 0.4) is 0 Å². The molecular weight excluding hydrogens is 262 g/mol. The van der Waals surface area contributed by atoms with Crippen molar-refractivity contribution in [2.75, 3.05) is 6.54 Å². The molecule has 0 aliphatic carbocycles. The van der Waals surface area contributed by atoms with Crippen LogP contribution in [0.1, 0.15) is 12.5 Å². The number of fused-ring (bicyclic) bond motifs is 1. The number of benzene rings is 1. The van der Waals surface area contributed by atoms with E-state index in [1.54, 1.807) is 25.1 Å². The van der Waals surface area contributed by atoms with Gasteiger partial charge in [-0.25, -0.2) is 0 Å². The van der Waals surface area contributed by atoms with Gasteiger partial charge in [-0.1, -0.05) is 12.1 Å². The Labute approximate surface area is 107 Å². The molecule has 0 saturated heterocycles. The lowest BCUT2D eigenvalue weighted by Crippen LogP contribution is -2.36. The zero-order chi connectivity index (χ0) is 14.0. The summed E-state index contributed by atoms with van der Waals surface area (Å²) in [7, 11) is 0. The number of hydrogen-bond acceptors (Lipinski definition) is 2. The van der Waals surface area contributed by atoms with Gasteiger partial charge in [-0.15, -0.1) is 0 Å². The number of aromatic nitrogens is 2. The average Bonchev–Trinajstić information content (AvgIpc) is 2.69. The molecule has 2 rings (SSSR count). The Morgan fingerprint density at radius 3 is 2.79 bits per heavy atom. The molecule has 0 aliphatic rings. The van der Waals surface area contributed by atoms with Gasteiger partial charge in [-0.3, -0.25) is 5.10 Å². The monoisotopic (exact) mass is 275 g/mol. The number of halogens is 4. The normalized spacial score (nSPS) is 13.9. The minimum Gasteiger partial charge on any atom is -0.306 e. The van der Waals surface area contributed by atoms with Crippen molar-refractivity contribution in [1.82, 2.24) is 15.5 Å². The van der Waals surface area contributed by atoms with Gasteiger partial charge >= 0.3 is 6.18 Å². The van der Waals surface area contributed by atoms with Crippen LogP contribution in [-0.4, -0.2) is 29.0 Å². The van der Waals surface area contributed by atoms with Crippen LogP contribution in [0.25, 0.3) is 10.9 Å². The van der Waals surface area contributed by atoms with Crippen molar-refractivity contribution >= 4 is 10.9 Å². The average molecular weight is 275 g/mol. The number of hydrogen-bond donors (Lipinski definition) is 2.